The van der Waals surface area contributed by atoms with Gasteiger partial charge in [0.05, 0.1) is 26.8 Å². The van der Waals surface area contributed by atoms with E-state index in [1.54, 1.807) is 26.5 Å². The topological polar surface area (TPSA) is 58.4 Å². The molecule has 1 aromatic heterocycles. The molecule has 1 aromatic rings. The molecule has 5 nitrogen and oxygen atoms in total. The summed E-state index contributed by atoms with van der Waals surface area (Å²) in [6.07, 6.45) is 1.68. The predicted octanol–water partition coefficient (Wildman–Crippen LogP) is 1.44. The van der Waals surface area contributed by atoms with Crippen LogP contribution in [0.2, 0.25) is 0 Å². The summed E-state index contributed by atoms with van der Waals surface area (Å²) < 4.78 is 10.5. The molecule has 1 rings (SSSR count). The normalized spacial score (nSPS) is 10.1. The van der Waals surface area contributed by atoms with Gasteiger partial charge in [-0.2, -0.15) is 5.26 Å². The van der Waals surface area contributed by atoms with Crippen molar-refractivity contribution in [2.24, 2.45) is 0 Å². The van der Waals surface area contributed by atoms with Crippen molar-refractivity contribution in [3.05, 3.63) is 18.0 Å². The molecule has 0 unspecified atom stereocenters. The van der Waals surface area contributed by atoms with E-state index in [9.17, 15) is 0 Å². The van der Waals surface area contributed by atoms with Gasteiger partial charge >= 0.3 is 0 Å². The Labute approximate surface area is 102 Å². The first-order valence-corrected chi connectivity index (χ1v) is 5.42. The average Bonchev–Trinajstić information content (AvgIpc) is 2.37. The first-order valence-electron chi connectivity index (χ1n) is 5.42. The molecule has 0 amide bonds. The van der Waals surface area contributed by atoms with Crippen molar-refractivity contribution in [2.45, 2.75) is 13.5 Å². The van der Waals surface area contributed by atoms with E-state index in [-0.39, 0.29) is 0 Å². The molecule has 0 spiro atoms. The summed E-state index contributed by atoms with van der Waals surface area (Å²) in [6.45, 7) is 3.74. The Morgan fingerprint density at radius 1 is 1.41 bits per heavy atom. The van der Waals surface area contributed by atoms with Gasteiger partial charge in [-0.15, -0.1) is 0 Å². The van der Waals surface area contributed by atoms with Crippen LogP contribution < -0.4 is 9.47 Å². The number of hydrogen-bond acceptors (Lipinski definition) is 5. The van der Waals surface area contributed by atoms with Gasteiger partial charge in [0.25, 0.3) is 0 Å². The Morgan fingerprint density at radius 3 is 2.71 bits per heavy atom. The third kappa shape index (κ3) is 3.33. The third-order valence-electron chi connectivity index (χ3n) is 2.48. The van der Waals surface area contributed by atoms with E-state index in [0.717, 1.165) is 12.2 Å². The van der Waals surface area contributed by atoms with E-state index in [0.29, 0.717) is 24.6 Å². The van der Waals surface area contributed by atoms with Crippen molar-refractivity contribution in [2.75, 3.05) is 27.3 Å². The molecule has 0 saturated heterocycles. The fourth-order valence-electron chi connectivity index (χ4n) is 1.55. The highest BCUT2D eigenvalue weighted by Crippen LogP contribution is 2.29. The Morgan fingerprint density at radius 2 is 2.18 bits per heavy atom. The smallest absolute Gasteiger partial charge is 0.183 e. The molecule has 0 fully saturated rings. The number of nitrogens with zero attached hydrogens (tertiary/aromatic N) is 3. The molecule has 0 aliphatic heterocycles. The van der Waals surface area contributed by atoms with Crippen LogP contribution in [0.1, 0.15) is 12.6 Å². The molecule has 0 radical (unpaired) electrons. The lowest BCUT2D eigenvalue weighted by Gasteiger charge is -2.18. The fourth-order valence-corrected chi connectivity index (χ4v) is 1.55. The molecular weight excluding hydrogens is 218 g/mol. The molecule has 0 aliphatic rings. The molecule has 0 atom stereocenters. The van der Waals surface area contributed by atoms with Crippen molar-refractivity contribution < 1.29 is 9.47 Å². The highest BCUT2D eigenvalue weighted by molar-refractivity contribution is 5.42. The second kappa shape index (κ2) is 6.71. The molecule has 1 heterocycles. The lowest BCUT2D eigenvalue weighted by molar-refractivity contribution is 0.295. The number of nitriles is 1. The SMILES string of the molecule is CCN(CC#N)Cc1nccc(OC)c1OC. The van der Waals surface area contributed by atoms with Crippen molar-refractivity contribution in [3.63, 3.8) is 0 Å². The maximum absolute atomic E-state index is 8.71. The number of pyridine rings is 1. The Kier molecular flexibility index (Phi) is 5.24. The highest BCUT2D eigenvalue weighted by Gasteiger charge is 2.13. The highest BCUT2D eigenvalue weighted by atomic mass is 16.5. The number of aromatic nitrogens is 1. The number of methoxy groups -OCH3 is 2. The van der Waals surface area contributed by atoms with Gasteiger partial charge < -0.3 is 9.47 Å². The van der Waals surface area contributed by atoms with Crippen LogP contribution in [0.15, 0.2) is 12.3 Å². The lowest BCUT2D eigenvalue weighted by Crippen LogP contribution is -2.24. The second-order valence-corrected chi connectivity index (χ2v) is 3.45. The van der Waals surface area contributed by atoms with Gasteiger partial charge in [0.15, 0.2) is 11.5 Å². The Bertz CT molecular complexity index is 401. The predicted molar refractivity (Wildman–Crippen MR) is 63.9 cm³/mol. The van der Waals surface area contributed by atoms with Gasteiger partial charge in [-0.25, -0.2) is 0 Å². The van der Waals surface area contributed by atoms with Crippen LogP contribution in [0.4, 0.5) is 0 Å². The summed E-state index contributed by atoms with van der Waals surface area (Å²) in [6, 6.07) is 3.88. The van der Waals surface area contributed by atoms with Crippen LogP contribution in [0, 0.1) is 11.3 Å². The minimum absolute atomic E-state index is 0.374. The quantitative estimate of drug-likeness (QED) is 0.698. The average molecular weight is 235 g/mol. The molecule has 0 aliphatic carbocycles. The molecule has 0 N–H and O–H groups in total. The molecule has 92 valence electrons. The number of hydrogen-bond donors (Lipinski definition) is 0. The zero-order valence-electron chi connectivity index (χ0n) is 10.4. The monoisotopic (exact) mass is 235 g/mol. The first-order chi connectivity index (χ1) is 8.26. The van der Waals surface area contributed by atoms with E-state index >= 15 is 0 Å². The van der Waals surface area contributed by atoms with E-state index < -0.39 is 0 Å². The Hall–Kier alpha value is -1.80. The molecular formula is C12H17N3O2. The fraction of sp³-hybridized carbons (Fsp3) is 0.500. The van der Waals surface area contributed by atoms with Gasteiger partial charge in [0.1, 0.15) is 5.69 Å². The zero-order chi connectivity index (χ0) is 12.7. The molecule has 0 aromatic carbocycles. The van der Waals surface area contributed by atoms with Crippen molar-refractivity contribution in [1.29, 1.82) is 5.26 Å². The summed E-state index contributed by atoms with van der Waals surface area (Å²) in [5, 5.41) is 8.71. The summed E-state index contributed by atoms with van der Waals surface area (Å²) >= 11 is 0. The third-order valence-corrected chi connectivity index (χ3v) is 2.48. The Balaban J connectivity index is 2.93. The van der Waals surface area contributed by atoms with E-state index in [1.807, 2.05) is 11.8 Å². The summed E-state index contributed by atoms with van der Waals surface area (Å²) in [5.41, 5.74) is 0.781. The van der Waals surface area contributed by atoms with E-state index in [1.165, 1.54) is 0 Å². The molecule has 17 heavy (non-hydrogen) atoms. The largest absolute Gasteiger partial charge is 0.493 e. The summed E-state index contributed by atoms with van der Waals surface area (Å²) in [7, 11) is 3.18. The minimum Gasteiger partial charge on any atom is -0.493 e. The number of rotatable bonds is 6. The summed E-state index contributed by atoms with van der Waals surface area (Å²) in [4.78, 5) is 6.25. The van der Waals surface area contributed by atoms with Crippen molar-refractivity contribution >= 4 is 0 Å². The van der Waals surface area contributed by atoms with Gasteiger partial charge in [0, 0.05) is 18.8 Å². The van der Waals surface area contributed by atoms with Gasteiger partial charge in [-0.05, 0) is 6.54 Å². The number of ether oxygens (including phenoxy) is 2. The summed E-state index contributed by atoms with van der Waals surface area (Å²) in [5.74, 6) is 1.29. The minimum atomic E-state index is 0.374. The van der Waals surface area contributed by atoms with Crippen molar-refractivity contribution in [3.8, 4) is 17.6 Å². The maximum atomic E-state index is 8.71. The maximum Gasteiger partial charge on any atom is 0.183 e. The molecule has 0 bridgehead atoms. The zero-order valence-corrected chi connectivity index (χ0v) is 10.4. The first kappa shape index (κ1) is 13.3. The van der Waals surface area contributed by atoms with Crippen LogP contribution >= 0.6 is 0 Å². The second-order valence-electron chi connectivity index (χ2n) is 3.45. The van der Waals surface area contributed by atoms with Gasteiger partial charge in [-0.3, -0.25) is 9.88 Å². The van der Waals surface area contributed by atoms with E-state index in [2.05, 4.69) is 11.1 Å². The van der Waals surface area contributed by atoms with E-state index in [4.69, 9.17) is 14.7 Å². The standard InChI is InChI=1S/C12H17N3O2/c1-4-15(8-6-13)9-10-12(17-3)11(16-2)5-7-14-10/h5,7H,4,8-9H2,1-3H3. The van der Waals surface area contributed by atoms with Gasteiger partial charge in [-0.1, -0.05) is 6.92 Å². The van der Waals surface area contributed by atoms with Crippen LogP contribution in [0.3, 0.4) is 0 Å². The molecule has 5 heteroatoms. The van der Waals surface area contributed by atoms with Crippen LogP contribution in [0.25, 0.3) is 0 Å². The van der Waals surface area contributed by atoms with Crippen molar-refractivity contribution in [1.82, 2.24) is 9.88 Å². The van der Waals surface area contributed by atoms with Crippen LogP contribution in [0.5, 0.6) is 11.5 Å². The van der Waals surface area contributed by atoms with Crippen LogP contribution in [-0.2, 0) is 6.54 Å². The molecule has 0 saturated carbocycles. The van der Waals surface area contributed by atoms with Gasteiger partial charge in [0.2, 0.25) is 0 Å². The van der Waals surface area contributed by atoms with Crippen LogP contribution in [-0.4, -0.2) is 37.2 Å². The lowest BCUT2D eigenvalue weighted by atomic mass is 10.2.